The molecule has 2 aromatic rings. The molecule has 11 atom stereocenters. The van der Waals surface area contributed by atoms with Crippen LogP contribution in [0.15, 0.2) is 71.8 Å². The smallest absolute Gasteiger partial charge is 0.408 e. The molecule has 1 saturated heterocycles. The van der Waals surface area contributed by atoms with E-state index in [-0.39, 0.29) is 35.2 Å². The van der Waals surface area contributed by atoms with Crippen molar-refractivity contribution in [3.8, 4) is 0 Å². The van der Waals surface area contributed by atoms with Crippen LogP contribution in [0.25, 0.3) is 0 Å². The van der Waals surface area contributed by atoms with E-state index in [2.05, 4.69) is 5.32 Å². The molecule has 0 radical (unpaired) electrons. The highest BCUT2D eigenvalue weighted by Crippen LogP contribution is 2.64. The monoisotopic (exact) mass is 825 g/mol. The second-order valence-electron chi connectivity index (χ2n) is 17.6. The molecule has 1 heterocycles. The maximum absolute atomic E-state index is 14.9. The number of Topliss-reactive ketones (excluding diaryl/α,β-unsaturated/α-hetero) is 1. The van der Waals surface area contributed by atoms with Gasteiger partial charge in [-0.2, -0.15) is 0 Å². The van der Waals surface area contributed by atoms with Crippen LogP contribution in [0, 0.1) is 16.7 Å². The number of ketones is 1. The third-order valence-electron chi connectivity index (χ3n) is 12.6. The van der Waals surface area contributed by atoms with Gasteiger partial charge in [0.05, 0.1) is 35.6 Å². The van der Waals surface area contributed by atoms with Gasteiger partial charge in [0.1, 0.15) is 35.6 Å². The Morgan fingerprint density at radius 2 is 1.54 bits per heavy atom. The Kier molecular flexibility index (Phi) is 12.3. The molecule has 3 aliphatic carbocycles. The van der Waals surface area contributed by atoms with Gasteiger partial charge in [-0.05, 0) is 63.5 Å². The standard InChI is InChI=1S/C43H53NO14.H2O/c1-22-26(55-37(51)32(48)30(24-15-11-9-12-16-24)44-38(52)58-39(3,4)5)20-43(53)35(56-36(50)25-17-13-10-14-18-25)33-41(8,34(49)31(47)29(22)40(43,6)7)27(46)19-28-42(33,21-54-28)57-23(2)45;/h9-18,26-28,30-33,35,46-48,53H,19-21H2,1-8H3,(H,44,52);1H2. The first-order valence-electron chi connectivity index (χ1n) is 19.3. The van der Waals surface area contributed by atoms with Crippen LogP contribution < -0.4 is 5.32 Å². The predicted molar refractivity (Wildman–Crippen MR) is 207 cm³/mol. The number of carbonyl (C=O) groups excluding carboxylic acids is 5. The molecular formula is C43H55NO15. The van der Waals surface area contributed by atoms with E-state index >= 15 is 0 Å². The summed E-state index contributed by atoms with van der Waals surface area (Å²) in [5, 5.41) is 51.6. The second-order valence-corrected chi connectivity index (χ2v) is 17.6. The van der Waals surface area contributed by atoms with Gasteiger partial charge in [-0.3, -0.25) is 9.59 Å². The minimum atomic E-state index is -2.35. The Morgan fingerprint density at radius 3 is 2.08 bits per heavy atom. The number of amides is 1. The number of alkyl carbamates (subject to hydrolysis) is 1. The molecule has 0 aromatic heterocycles. The first kappa shape index (κ1) is 45.4. The second kappa shape index (κ2) is 16.0. The zero-order chi connectivity index (χ0) is 42.7. The Hall–Kier alpha value is -4.71. The molecule has 2 saturated carbocycles. The van der Waals surface area contributed by atoms with E-state index < -0.39 is 112 Å². The highest BCUT2D eigenvalue weighted by Gasteiger charge is 2.78. The number of benzene rings is 2. The molecule has 6 rings (SSSR count). The molecule has 4 aliphatic rings. The van der Waals surface area contributed by atoms with Crippen molar-refractivity contribution in [2.45, 2.75) is 128 Å². The van der Waals surface area contributed by atoms with Crippen molar-refractivity contribution in [2.24, 2.45) is 16.7 Å². The summed E-state index contributed by atoms with van der Waals surface area (Å²) in [7, 11) is 0. The van der Waals surface area contributed by atoms with Crippen molar-refractivity contribution in [3.05, 3.63) is 82.9 Å². The van der Waals surface area contributed by atoms with Crippen LogP contribution in [-0.4, -0.2) is 116 Å². The van der Waals surface area contributed by atoms with Crippen LogP contribution in [0.3, 0.4) is 0 Å². The van der Waals surface area contributed by atoms with E-state index in [1.54, 1.807) is 83.1 Å². The molecule has 3 fully saturated rings. The molecule has 1 amide bonds. The maximum atomic E-state index is 14.9. The molecule has 2 aromatic carbocycles. The lowest BCUT2D eigenvalue weighted by Gasteiger charge is -2.67. The highest BCUT2D eigenvalue weighted by molar-refractivity contribution is 5.94. The summed E-state index contributed by atoms with van der Waals surface area (Å²) >= 11 is 0. The van der Waals surface area contributed by atoms with Gasteiger partial charge in [-0.25, -0.2) is 14.4 Å². The first-order chi connectivity index (χ1) is 27.0. The van der Waals surface area contributed by atoms with E-state index in [4.69, 9.17) is 23.7 Å². The predicted octanol–water partition coefficient (Wildman–Crippen LogP) is 2.43. The van der Waals surface area contributed by atoms with Crippen molar-refractivity contribution in [2.75, 3.05) is 6.61 Å². The Labute approximate surface area is 342 Å². The van der Waals surface area contributed by atoms with Crippen LogP contribution in [-0.2, 0) is 38.1 Å². The third-order valence-corrected chi connectivity index (χ3v) is 12.6. The Morgan fingerprint density at radius 1 is 0.949 bits per heavy atom. The third kappa shape index (κ3) is 7.66. The van der Waals surface area contributed by atoms with Crippen molar-refractivity contribution in [1.82, 2.24) is 5.32 Å². The fourth-order valence-electron chi connectivity index (χ4n) is 9.56. The molecule has 1 aliphatic heterocycles. The number of aliphatic hydroxyl groups excluding tert-OH is 3. The van der Waals surface area contributed by atoms with E-state index in [9.17, 15) is 44.4 Å². The maximum Gasteiger partial charge on any atom is 0.408 e. The van der Waals surface area contributed by atoms with Crippen molar-refractivity contribution >= 4 is 29.8 Å². The minimum absolute atomic E-state index is 0. The van der Waals surface area contributed by atoms with Gasteiger partial charge >= 0.3 is 24.0 Å². The molecular weight excluding hydrogens is 770 g/mol. The Bertz CT molecular complexity index is 1980. The largest absolute Gasteiger partial charge is 0.456 e. The summed E-state index contributed by atoms with van der Waals surface area (Å²) < 4.78 is 29.5. The Balaban J connectivity index is 0.00000661. The van der Waals surface area contributed by atoms with Crippen LogP contribution in [0.2, 0.25) is 0 Å². The van der Waals surface area contributed by atoms with Gasteiger partial charge in [0, 0.05) is 25.2 Å². The van der Waals surface area contributed by atoms with E-state index in [1.807, 2.05) is 0 Å². The number of hydrogen-bond donors (Lipinski definition) is 5. The summed E-state index contributed by atoms with van der Waals surface area (Å²) in [6, 6.07) is 14.6. The van der Waals surface area contributed by atoms with Gasteiger partial charge in [-0.1, -0.05) is 62.4 Å². The van der Waals surface area contributed by atoms with Crippen molar-refractivity contribution in [1.29, 1.82) is 0 Å². The number of carbonyl (C=O) groups is 5. The highest BCUT2D eigenvalue weighted by atomic mass is 16.6. The normalized spacial score (nSPS) is 33.1. The molecule has 11 unspecified atom stereocenters. The minimum Gasteiger partial charge on any atom is -0.456 e. The number of hydrogen-bond acceptors (Lipinski definition) is 14. The van der Waals surface area contributed by atoms with Crippen molar-refractivity contribution in [3.63, 3.8) is 0 Å². The summed E-state index contributed by atoms with van der Waals surface area (Å²) in [4.78, 5) is 68.9. The topological polar surface area (TPSA) is 256 Å². The van der Waals surface area contributed by atoms with Crippen LogP contribution in [0.4, 0.5) is 4.79 Å². The van der Waals surface area contributed by atoms with E-state index in [0.29, 0.717) is 5.56 Å². The molecule has 16 nitrogen and oxygen atoms in total. The summed E-state index contributed by atoms with van der Waals surface area (Å²) in [5.41, 5.74) is -8.14. The average Bonchev–Trinajstić information content (AvgIpc) is 3.14. The molecule has 59 heavy (non-hydrogen) atoms. The molecule has 16 heteroatoms. The van der Waals surface area contributed by atoms with Gasteiger partial charge in [0.2, 0.25) is 0 Å². The fourth-order valence-corrected chi connectivity index (χ4v) is 9.56. The lowest BCUT2D eigenvalue weighted by Crippen LogP contribution is -2.81. The number of fused-ring (bicyclic) bond motifs is 5. The van der Waals surface area contributed by atoms with Gasteiger partial charge < -0.3 is 54.9 Å². The van der Waals surface area contributed by atoms with Crippen LogP contribution >= 0.6 is 0 Å². The summed E-state index contributed by atoms with van der Waals surface area (Å²) in [6.07, 6.45) is -11.5. The number of esters is 3. The quantitative estimate of drug-likeness (QED) is 0.146. The molecule has 2 bridgehead atoms. The van der Waals surface area contributed by atoms with Crippen LogP contribution in [0.1, 0.15) is 90.2 Å². The number of rotatable bonds is 8. The SMILES string of the molecule is CC(=O)OC12COC1CC(O)C1(C)C(=O)C(O)C3=C(C)C(OC(=O)C(O)C(NC(=O)OC(C)(C)C)c4ccccc4)CC(O)(C(OC(=O)c4ccccc4)C21)C3(C)C.O. The number of aliphatic hydroxyl groups is 4. The van der Waals surface area contributed by atoms with E-state index in [0.717, 1.165) is 6.92 Å². The molecule has 322 valence electrons. The zero-order valence-corrected chi connectivity index (χ0v) is 34.4. The average molecular weight is 826 g/mol. The van der Waals surface area contributed by atoms with Gasteiger partial charge in [0.25, 0.3) is 0 Å². The molecule has 7 N–H and O–H groups in total. The number of ether oxygens (including phenoxy) is 5. The van der Waals surface area contributed by atoms with Gasteiger partial charge in [0.15, 0.2) is 17.5 Å². The van der Waals surface area contributed by atoms with E-state index in [1.165, 1.54) is 26.0 Å². The number of nitrogens with one attached hydrogen (secondary N) is 1. The van der Waals surface area contributed by atoms with Crippen molar-refractivity contribution < 1.29 is 73.6 Å². The lowest BCUT2D eigenvalue weighted by molar-refractivity contribution is -0.346. The summed E-state index contributed by atoms with van der Waals surface area (Å²) in [5.74, 6) is -5.36. The lowest BCUT2D eigenvalue weighted by atomic mass is 9.44. The molecule has 0 spiro atoms. The van der Waals surface area contributed by atoms with Crippen LogP contribution in [0.5, 0.6) is 0 Å². The van der Waals surface area contributed by atoms with Gasteiger partial charge in [-0.15, -0.1) is 0 Å². The fraction of sp³-hybridized carbons (Fsp3) is 0.558. The zero-order valence-electron chi connectivity index (χ0n) is 34.4. The summed E-state index contributed by atoms with van der Waals surface area (Å²) in [6.45, 7) is 11.8. The first-order valence-corrected chi connectivity index (χ1v) is 19.3.